The molecule has 1 aromatic rings. The van der Waals surface area contributed by atoms with Crippen molar-refractivity contribution in [1.29, 1.82) is 0 Å². The molecule has 1 aromatic heterocycles. The molecule has 4 heteroatoms. The molecule has 1 aliphatic carbocycles. The van der Waals surface area contributed by atoms with E-state index in [-0.39, 0.29) is 0 Å². The smallest absolute Gasteiger partial charge is 0.178 e. The fourth-order valence-corrected chi connectivity index (χ4v) is 2.70. The highest BCUT2D eigenvalue weighted by atomic mass is 32.1. The van der Waals surface area contributed by atoms with E-state index in [2.05, 4.69) is 11.9 Å². The minimum absolute atomic E-state index is 0.771. The molecule has 0 saturated heterocycles. The van der Waals surface area contributed by atoms with Gasteiger partial charge < -0.3 is 9.55 Å². The second-order valence-electron chi connectivity index (χ2n) is 3.29. The van der Waals surface area contributed by atoms with Crippen LogP contribution in [0, 0.1) is 9.41 Å². The van der Waals surface area contributed by atoms with Crippen LogP contribution in [-0.4, -0.2) is 9.55 Å². The number of fused-ring (bicyclic) bond motifs is 1. The van der Waals surface area contributed by atoms with Gasteiger partial charge in [-0.3, -0.25) is 0 Å². The van der Waals surface area contributed by atoms with Crippen LogP contribution >= 0.6 is 24.4 Å². The molecule has 0 bridgehead atoms. The number of aromatic nitrogens is 2. The Kier molecular flexibility index (Phi) is 2.34. The van der Waals surface area contributed by atoms with Crippen molar-refractivity contribution < 1.29 is 0 Å². The van der Waals surface area contributed by atoms with Crippen molar-refractivity contribution in [1.82, 2.24) is 9.55 Å². The van der Waals surface area contributed by atoms with Crippen molar-refractivity contribution in [3.05, 3.63) is 20.7 Å². The zero-order valence-electron chi connectivity index (χ0n) is 7.59. The largest absolute Gasteiger partial charge is 0.336 e. The second kappa shape index (κ2) is 3.35. The van der Waals surface area contributed by atoms with Gasteiger partial charge in [0.05, 0.1) is 0 Å². The number of rotatable bonds is 1. The van der Waals surface area contributed by atoms with Gasteiger partial charge in [-0.1, -0.05) is 12.2 Å². The zero-order valence-corrected chi connectivity index (χ0v) is 9.23. The van der Waals surface area contributed by atoms with E-state index in [0.717, 1.165) is 28.8 Å². The van der Waals surface area contributed by atoms with Gasteiger partial charge in [-0.2, -0.15) is 0 Å². The second-order valence-corrected chi connectivity index (χ2v) is 4.06. The first-order valence-corrected chi connectivity index (χ1v) is 5.40. The van der Waals surface area contributed by atoms with Crippen LogP contribution in [0.1, 0.15) is 24.6 Å². The fourth-order valence-electron chi connectivity index (χ4n) is 1.86. The van der Waals surface area contributed by atoms with E-state index in [0.29, 0.717) is 0 Å². The summed E-state index contributed by atoms with van der Waals surface area (Å²) in [5.74, 6) is 0. The molecule has 13 heavy (non-hydrogen) atoms. The summed E-state index contributed by atoms with van der Waals surface area (Å²) in [6.07, 6.45) is 3.42. The molecule has 0 radical (unpaired) electrons. The van der Waals surface area contributed by atoms with Gasteiger partial charge in [-0.15, -0.1) is 0 Å². The van der Waals surface area contributed by atoms with E-state index >= 15 is 0 Å². The van der Waals surface area contributed by atoms with E-state index < -0.39 is 0 Å². The molecule has 0 aromatic carbocycles. The molecule has 2 rings (SSSR count). The lowest BCUT2D eigenvalue weighted by atomic mass is 10.3. The molecule has 1 aliphatic rings. The lowest BCUT2D eigenvalue weighted by Gasteiger charge is -2.07. The molecular weight excluding hydrogens is 200 g/mol. The Bertz CT molecular complexity index is 442. The van der Waals surface area contributed by atoms with Gasteiger partial charge in [0.2, 0.25) is 0 Å². The first-order valence-electron chi connectivity index (χ1n) is 4.59. The van der Waals surface area contributed by atoms with Crippen LogP contribution in [0.15, 0.2) is 0 Å². The molecule has 0 atom stereocenters. The molecule has 0 unspecified atom stereocenters. The normalized spacial score (nSPS) is 14.5. The quantitative estimate of drug-likeness (QED) is 0.723. The third kappa shape index (κ3) is 1.38. The highest BCUT2D eigenvalue weighted by molar-refractivity contribution is 7.72. The zero-order chi connectivity index (χ0) is 9.42. The topological polar surface area (TPSA) is 20.7 Å². The number of aryl methyl sites for hydroxylation is 1. The van der Waals surface area contributed by atoms with E-state index in [1.54, 1.807) is 0 Å². The summed E-state index contributed by atoms with van der Waals surface area (Å²) in [4.78, 5) is 3.26. The van der Waals surface area contributed by atoms with Crippen LogP contribution in [0.3, 0.4) is 0 Å². The summed E-state index contributed by atoms with van der Waals surface area (Å²) < 4.78 is 3.71. The maximum Gasteiger partial charge on any atom is 0.178 e. The third-order valence-electron chi connectivity index (χ3n) is 2.54. The lowest BCUT2D eigenvalue weighted by Crippen LogP contribution is -2.05. The van der Waals surface area contributed by atoms with Gasteiger partial charge >= 0.3 is 0 Å². The summed E-state index contributed by atoms with van der Waals surface area (Å²) in [6, 6.07) is 0. The van der Waals surface area contributed by atoms with Crippen molar-refractivity contribution in [2.45, 2.75) is 32.7 Å². The van der Waals surface area contributed by atoms with Gasteiger partial charge in [0.25, 0.3) is 0 Å². The van der Waals surface area contributed by atoms with E-state index in [9.17, 15) is 0 Å². The Morgan fingerprint density at radius 1 is 1.38 bits per heavy atom. The summed E-state index contributed by atoms with van der Waals surface area (Å²) in [5.41, 5.74) is 2.57. The molecule has 0 saturated carbocycles. The number of H-pyrrole nitrogens is 1. The van der Waals surface area contributed by atoms with Crippen molar-refractivity contribution in [3.63, 3.8) is 0 Å². The van der Waals surface area contributed by atoms with Crippen molar-refractivity contribution >= 4 is 24.4 Å². The Balaban J connectivity index is 2.77. The average Bonchev–Trinajstić information content (AvgIpc) is 2.53. The lowest BCUT2D eigenvalue weighted by molar-refractivity contribution is 0.699. The van der Waals surface area contributed by atoms with Crippen LogP contribution in [0.5, 0.6) is 0 Å². The minimum Gasteiger partial charge on any atom is -0.336 e. The fraction of sp³-hybridized carbons (Fsp3) is 0.556. The SMILES string of the molecule is CCn1c(=S)[nH]c2c(c1=S)CCC2. The highest BCUT2D eigenvalue weighted by Crippen LogP contribution is 2.20. The number of aromatic amines is 1. The van der Waals surface area contributed by atoms with Crippen molar-refractivity contribution in [2.24, 2.45) is 0 Å². The van der Waals surface area contributed by atoms with Crippen LogP contribution in [0.25, 0.3) is 0 Å². The van der Waals surface area contributed by atoms with Gasteiger partial charge in [-0.05, 0) is 38.4 Å². The Morgan fingerprint density at radius 3 is 2.85 bits per heavy atom. The van der Waals surface area contributed by atoms with Crippen LogP contribution in [0.4, 0.5) is 0 Å². The van der Waals surface area contributed by atoms with Gasteiger partial charge in [0.15, 0.2) is 4.77 Å². The Morgan fingerprint density at radius 2 is 2.15 bits per heavy atom. The van der Waals surface area contributed by atoms with Crippen molar-refractivity contribution in [2.75, 3.05) is 0 Å². The summed E-state index contributed by atoms with van der Waals surface area (Å²) in [5, 5.41) is 0. The predicted molar refractivity (Wildman–Crippen MR) is 58.1 cm³/mol. The number of nitrogens with zero attached hydrogens (tertiary/aromatic N) is 1. The maximum absolute atomic E-state index is 5.38. The van der Waals surface area contributed by atoms with Crippen molar-refractivity contribution in [3.8, 4) is 0 Å². The first-order chi connectivity index (χ1) is 6.24. The van der Waals surface area contributed by atoms with Gasteiger partial charge in [0.1, 0.15) is 4.64 Å². The molecule has 2 nitrogen and oxygen atoms in total. The Hall–Kier alpha value is -0.480. The standard InChI is InChI=1S/C9H12N2S2/c1-2-11-8(12)6-4-3-5-7(6)10-9(11)13/h2-5H2,1H3,(H,10,13). The summed E-state index contributed by atoms with van der Waals surface area (Å²) in [6.45, 7) is 2.93. The average molecular weight is 212 g/mol. The number of hydrogen-bond acceptors (Lipinski definition) is 2. The highest BCUT2D eigenvalue weighted by Gasteiger charge is 2.14. The molecular formula is C9H12N2S2. The maximum atomic E-state index is 5.38. The van der Waals surface area contributed by atoms with Gasteiger partial charge in [-0.25, -0.2) is 0 Å². The molecule has 0 amide bonds. The number of hydrogen-bond donors (Lipinski definition) is 1. The van der Waals surface area contributed by atoms with E-state index in [1.807, 2.05) is 4.57 Å². The van der Waals surface area contributed by atoms with E-state index in [4.69, 9.17) is 24.4 Å². The molecule has 1 heterocycles. The third-order valence-corrected chi connectivity index (χ3v) is 3.33. The molecule has 0 aliphatic heterocycles. The van der Waals surface area contributed by atoms with Crippen LogP contribution < -0.4 is 0 Å². The molecule has 0 spiro atoms. The van der Waals surface area contributed by atoms with Crippen LogP contribution in [-0.2, 0) is 19.4 Å². The monoisotopic (exact) mass is 212 g/mol. The predicted octanol–water partition coefficient (Wildman–Crippen LogP) is 2.78. The van der Waals surface area contributed by atoms with Gasteiger partial charge in [0, 0.05) is 17.8 Å². The summed E-state index contributed by atoms with van der Waals surface area (Å²) >= 11 is 10.6. The minimum atomic E-state index is 0.771. The summed E-state index contributed by atoms with van der Waals surface area (Å²) in [7, 11) is 0. The number of nitrogens with one attached hydrogen (secondary N) is 1. The molecule has 0 fully saturated rings. The van der Waals surface area contributed by atoms with Crippen LogP contribution in [0.2, 0.25) is 0 Å². The first kappa shape index (κ1) is 9.09. The molecule has 1 N–H and O–H groups in total. The van der Waals surface area contributed by atoms with E-state index in [1.165, 1.54) is 17.7 Å². The Labute approximate surface area is 87.6 Å². The molecule has 70 valence electrons.